The molecule has 0 bridgehead atoms. The summed E-state index contributed by atoms with van der Waals surface area (Å²) in [6, 6.07) is 2.75. The second-order valence-electron chi connectivity index (χ2n) is 8.97. The molecule has 0 spiro atoms. The molecule has 0 aromatic carbocycles. The Labute approximate surface area is 181 Å². The minimum absolute atomic E-state index is 0.112. The average Bonchev–Trinajstić information content (AvgIpc) is 3.33. The number of rotatable bonds is 4. The summed E-state index contributed by atoms with van der Waals surface area (Å²) in [5, 5.41) is 7.78. The molecule has 1 aliphatic carbocycles. The van der Waals surface area contributed by atoms with Crippen molar-refractivity contribution in [2.24, 2.45) is 0 Å². The molecule has 1 saturated heterocycles. The van der Waals surface area contributed by atoms with Gasteiger partial charge in [0.1, 0.15) is 5.76 Å². The summed E-state index contributed by atoms with van der Waals surface area (Å²) in [5.74, 6) is 0.181. The van der Waals surface area contributed by atoms with E-state index in [9.17, 15) is 18.0 Å². The van der Waals surface area contributed by atoms with Gasteiger partial charge in [0.05, 0.1) is 16.6 Å². The largest absolute Gasteiger partial charge is 0.417 e. The van der Waals surface area contributed by atoms with Gasteiger partial charge in [-0.1, -0.05) is 24.2 Å². The third-order valence-electron chi connectivity index (χ3n) is 6.21. The highest BCUT2D eigenvalue weighted by molar-refractivity contribution is 5.92. The van der Waals surface area contributed by atoms with Crippen LogP contribution in [0.15, 0.2) is 21.2 Å². The van der Waals surface area contributed by atoms with E-state index in [1.807, 2.05) is 0 Å². The van der Waals surface area contributed by atoms with Crippen molar-refractivity contribution in [3.8, 4) is 0 Å². The highest BCUT2D eigenvalue weighted by Gasteiger charge is 2.39. The first-order chi connectivity index (χ1) is 15.2. The van der Waals surface area contributed by atoms with Crippen LogP contribution in [0.1, 0.15) is 90.5 Å². The Morgan fingerprint density at radius 1 is 1.12 bits per heavy atom. The summed E-state index contributed by atoms with van der Waals surface area (Å²) in [4.78, 5) is 18.8. The topological polar surface area (TPSA) is 85.3 Å². The van der Waals surface area contributed by atoms with Crippen LogP contribution in [0.5, 0.6) is 0 Å². The summed E-state index contributed by atoms with van der Waals surface area (Å²) >= 11 is 0. The van der Waals surface area contributed by atoms with Gasteiger partial charge in [-0.25, -0.2) is 4.98 Å². The fourth-order valence-corrected chi connectivity index (χ4v) is 4.29. The molecule has 32 heavy (non-hydrogen) atoms. The van der Waals surface area contributed by atoms with Crippen molar-refractivity contribution >= 4 is 17.0 Å². The van der Waals surface area contributed by atoms with E-state index < -0.39 is 17.7 Å². The van der Waals surface area contributed by atoms with Crippen LogP contribution < -0.4 is 0 Å². The zero-order chi connectivity index (χ0) is 22.6. The van der Waals surface area contributed by atoms with Crippen molar-refractivity contribution in [2.45, 2.75) is 63.5 Å². The maximum atomic E-state index is 13.9. The number of piperidine rings is 1. The molecule has 3 aromatic heterocycles. The molecule has 1 atom stereocenters. The number of halogens is 3. The Morgan fingerprint density at radius 3 is 2.59 bits per heavy atom. The van der Waals surface area contributed by atoms with Crippen molar-refractivity contribution in [3.05, 3.63) is 40.5 Å². The van der Waals surface area contributed by atoms with Gasteiger partial charge >= 0.3 is 6.18 Å². The Hall–Kier alpha value is -2.91. The lowest BCUT2D eigenvalue weighted by Crippen LogP contribution is -2.39. The Morgan fingerprint density at radius 2 is 1.91 bits per heavy atom. The van der Waals surface area contributed by atoms with Crippen molar-refractivity contribution in [3.63, 3.8) is 0 Å². The lowest BCUT2D eigenvalue weighted by Gasteiger charge is -2.31. The number of carbonyl (C=O) groups excluding carboxylic acids is 1. The number of pyridine rings is 1. The van der Waals surface area contributed by atoms with E-state index in [0.717, 1.165) is 18.9 Å². The maximum Gasteiger partial charge on any atom is 0.417 e. The van der Waals surface area contributed by atoms with Gasteiger partial charge in [-0.05, 0) is 37.7 Å². The number of amides is 1. The van der Waals surface area contributed by atoms with Crippen molar-refractivity contribution in [2.75, 3.05) is 13.1 Å². The first-order valence-corrected chi connectivity index (χ1v) is 10.9. The molecule has 1 saturated carbocycles. The highest BCUT2D eigenvalue weighted by Crippen LogP contribution is 2.42. The minimum Gasteiger partial charge on any atom is -0.360 e. The number of hydrogen-bond acceptors (Lipinski definition) is 6. The number of aromatic nitrogens is 3. The van der Waals surface area contributed by atoms with Crippen LogP contribution in [0.25, 0.3) is 11.1 Å². The second kappa shape index (κ2) is 7.60. The van der Waals surface area contributed by atoms with E-state index in [-0.39, 0.29) is 40.9 Å². The molecular formula is C22H23F3N4O3. The summed E-state index contributed by atoms with van der Waals surface area (Å²) in [7, 11) is 0. The van der Waals surface area contributed by atoms with E-state index >= 15 is 0 Å². The maximum absolute atomic E-state index is 13.9. The zero-order valence-corrected chi connectivity index (χ0v) is 17.8. The monoisotopic (exact) mass is 448 g/mol. The highest BCUT2D eigenvalue weighted by atomic mass is 19.4. The van der Waals surface area contributed by atoms with Gasteiger partial charge in [0.15, 0.2) is 5.69 Å². The molecule has 0 radical (unpaired) electrons. The minimum atomic E-state index is -4.57. The summed E-state index contributed by atoms with van der Waals surface area (Å²) in [6.07, 6.45) is -1.28. The van der Waals surface area contributed by atoms with Crippen LogP contribution in [0.3, 0.4) is 0 Å². The van der Waals surface area contributed by atoms with E-state index in [0.29, 0.717) is 36.8 Å². The predicted molar refractivity (Wildman–Crippen MR) is 107 cm³/mol. The first kappa shape index (κ1) is 21.0. The van der Waals surface area contributed by atoms with Crippen molar-refractivity contribution < 1.29 is 27.0 Å². The summed E-state index contributed by atoms with van der Waals surface area (Å²) in [6.45, 7) is 4.28. The SMILES string of the molecule is CC(C)c1cc(C(F)(F)F)c2c([C@H]3CCCN(C(=O)c4cc(C5CC5)on4)C3)noc2n1. The standard InChI is InChI=1S/C22H23F3N4O3/c1-11(2)15-8-14(22(23,24)25)18-19(28-32-20(18)26-15)13-4-3-7-29(10-13)21(30)16-9-17(31-27-16)12-5-6-12/h8-9,11-13H,3-7,10H2,1-2H3/t13-/m0/s1. The lowest BCUT2D eigenvalue weighted by atomic mass is 9.91. The van der Waals surface area contributed by atoms with Crippen LogP contribution in [-0.4, -0.2) is 39.2 Å². The van der Waals surface area contributed by atoms with E-state index in [2.05, 4.69) is 15.3 Å². The Bertz CT molecular complexity index is 1160. The lowest BCUT2D eigenvalue weighted by molar-refractivity contribution is -0.136. The molecule has 2 fully saturated rings. The zero-order valence-electron chi connectivity index (χ0n) is 17.8. The molecule has 7 nitrogen and oxygen atoms in total. The van der Waals surface area contributed by atoms with Gasteiger partial charge in [0.2, 0.25) is 0 Å². The van der Waals surface area contributed by atoms with Gasteiger partial charge in [-0.15, -0.1) is 0 Å². The van der Waals surface area contributed by atoms with E-state index in [1.165, 1.54) is 0 Å². The van der Waals surface area contributed by atoms with Gasteiger partial charge in [-0.2, -0.15) is 13.2 Å². The molecule has 10 heteroatoms. The second-order valence-corrected chi connectivity index (χ2v) is 8.97. The third kappa shape index (κ3) is 3.75. The summed E-state index contributed by atoms with van der Waals surface area (Å²) < 4.78 is 52.2. The summed E-state index contributed by atoms with van der Waals surface area (Å²) in [5.41, 5.74) is -0.183. The molecule has 3 aromatic rings. The predicted octanol–water partition coefficient (Wildman–Crippen LogP) is 5.25. The fraction of sp³-hybridized carbons (Fsp3) is 0.545. The third-order valence-corrected chi connectivity index (χ3v) is 6.21. The molecule has 5 rings (SSSR count). The van der Waals surface area contributed by atoms with Crippen LogP contribution in [0.2, 0.25) is 0 Å². The number of hydrogen-bond donors (Lipinski definition) is 0. The van der Waals surface area contributed by atoms with Gasteiger partial charge < -0.3 is 13.9 Å². The Kier molecular flexibility index (Phi) is 4.98. The number of fused-ring (bicyclic) bond motifs is 1. The number of carbonyl (C=O) groups is 1. The normalized spacial score (nSPS) is 19.8. The van der Waals surface area contributed by atoms with Gasteiger partial charge in [-0.3, -0.25) is 4.79 Å². The van der Waals surface area contributed by atoms with Crippen molar-refractivity contribution in [1.29, 1.82) is 0 Å². The number of likely N-dealkylation sites (tertiary alicyclic amines) is 1. The average molecular weight is 448 g/mol. The van der Waals surface area contributed by atoms with Gasteiger partial charge in [0, 0.05) is 36.7 Å². The van der Waals surface area contributed by atoms with Crippen LogP contribution in [0.4, 0.5) is 13.2 Å². The number of alkyl halides is 3. The molecule has 0 unspecified atom stereocenters. The first-order valence-electron chi connectivity index (χ1n) is 10.9. The number of nitrogens with zero attached hydrogens (tertiary/aromatic N) is 4. The fourth-order valence-electron chi connectivity index (χ4n) is 4.29. The molecule has 1 aliphatic heterocycles. The van der Waals surface area contributed by atoms with Gasteiger partial charge in [0.25, 0.3) is 11.6 Å². The van der Waals surface area contributed by atoms with Crippen LogP contribution in [0, 0.1) is 0 Å². The van der Waals surface area contributed by atoms with Crippen LogP contribution in [-0.2, 0) is 6.18 Å². The molecule has 170 valence electrons. The molecule has 2 aliphatic rings. The molecule has 4 heterocycles. The molecule has 0 N–H and O–H groups in total. The Balaban J connectivity index is 1.46. The van der Waals surface area contributed by atoms with Crippen molar-refractivity contribution in [1.82, 2.24) is 20.2 Å². The molecule has 1 amide bonds. The smallest absolute Gasteiger partial charge is 0.360 e. The van der Waals surface area contributed by atoms with Crippen LogP contribution >= 0.6 is 0 Å². The quantitative estimate of drug-likeness (QED) is 0.542. The molecular weight excluding hydrogens is 425 g/mol. The van der Waals surface area contributed by atoms with E-state index in [4.69, 9.17) is 9.05 Å². The van der Waals surface area contributed by atoms with E-state index in [1.54, 1.807) is 24.8 Å².